The van der Waals surface area contributed by atoms with Crippen LogP contribution >= 0.6 is 15.9 Å². The van der Waals surface area contributed by atoms with Crippen LogP contribution in [0.25, 0.3) is 0 Å². The molecule has 1 saturated heterocycles. The van der Waals surface area contributed by atoms with E-state index >= 15 is 0 Å². The van der Waals surface area contributed by atoms with Gasteiger partial charge in [0.25, 0.3) is 5.91 Å². The Labute approximate surface area is 199 Å². The molecule has 6 nitrogen and oxygen atoms in total. The Kier molecular flexibility index (Phi) is 7.68. The van der Waals surface area contributed by atoms with Crippen LogP contribution in [0.4, 0.5) is 5.69 Å². The largest absolute Gasteiger partial charge is 0.483 e. The highest BCUT2D eigenvalue weighted by molar-refractivity contribution is 9.10. The van der Waals surface area contributed by atoms with E-state index in [0.29, 0.717) is 30.4 Å². The van der Waals surface area contributed by atoms with Crippen LogP contribution in [0, 0.1) is 5.92 Å². The highest BCUT2D eigenvalue weighted by Gasteiger charge is 2.28. The molecule has 0 aromatic heterocycles. The fraction of sp³-hybridized carbons (Fsp3) is 0.458. The van der Waals surface area contributed by atoms with Gasteiger partial charge in [-0.3, -0.25) is 4.79 Å². The number of hydrogen-bond acceptors (Lipinski definition) is 4. The van der Waals surface area contributed by atoms with E-state index in [4.69, 9.17) is 4.74 Å². The minimum Gasteiger partial charge on any atom is -0.483 e. The molecule has 2 aromatic rings. The lowest BCUT2D eigenvalue weighted by Crippen LogP contribution is -2.37. The monoisotopic (exact) mass is 522 g/mol. The molecule has 174 valence electrons. The average molecular weight is 523 g/mol. The Balaban J connectivity index is 1.61. The van der Waals surface area contributed by atoms with Crippen molar-refractivity contribution in [3.05, 3.63) is 52.5 Å². The van der Waals surface area contributed by atoms with E-state index in [1.807, 2.05) is 18.2 Å². The summed E-state index contributed by atoms with van der Waals surface area (Å²) in [4.78, 5) is 12.6. The van der Waals surface area contributed by atoms with Crippen molar-refractivity contribution in [1.29, 1.82) is 0 Å². The number of benzene rings is 2. The number of amides is 1. The van der Waals surface area contributed by atoms with Crippen LogP contribution in [0.2, 0.25) is 0 Å². The van der Waals surface area contributed by atoms with Crippen LogP contribution in [0.15, 0.2) is 51.8 Å². The number of rotatable bonds is 6. The third-order valence-corrected chi connectivity index (χ3v) is 8.03. The molecule has 8 heteroatoms. The number of carbonyl (C=O) groups is 1. The second-order valence-electron chi connectivity index (χ2n) is 9.34. The lowest BCUT2D eigenvalue weighted by molar-refractivity contribution is -0.118. The van der Waals surface area contributed by atoms with Crippen molar-refractivity contribution in [2.75, 3.05) is 25.0 Å². The quantitative estimate of drug-likeness (QED) is 0.566. The van der Waals surface area contributed by atoms with Gasteiger partial charge in [0.05, 0.1) is 4.90 Å². The average Bonchev–Trinajstić information content (AvgIpc) is 2.73. The summed E-state index contributed by atoms with van der Waals surface area (Å²) in [7, 11) is -3.51. The SMILES string of the molecule is CC1CCN(S(=O)(=O)c2ccc(NC(=O)COc3ccc(Br)cc3C(C)(C)C)cc2)CC1. The zero-order valence-corrected chi connectivity index (χ0v) is 21.4. The predicted molar refractivity (Wildman–Crippen MR) is 131 cm³/mol. The van der Waals surface area contributed by atoms with Gasteiger partial charge < -0.3 is 10.1 Å². The molecule has 1 fully saturated rings. The number of ether oxygens (including phenoxy) is 1. The Morgan fingerprint density at radius 3 is 2.34 bits per heavy atom. The molecule has 0 atom stereocenters. The molecule has 0 unspecified atom stereocenters. The van der Waals surface area contributed by atoms with Gasteiger partial charge in [0.1, 0.15) is 5.75 Å². The molecule has 32 heavy (non-hydrogen) atoms. The maximum atomic E-state index is 12.8. The zero-order chi connectivity index (χ0) is 23.5. The summed E-state index contributed by atoms with van der Waals surface area (Å²) in [5.74, 6) is 0.902. The summed E-state index contributed by atoms with van der Waals surface area (Å²) in [6.07, 6.45) is 1.76. The van der Waals surface area contributed by atoms with Gasteiger partial charge in [-0.25, -0.2) is 8.42 Å². The topological polar surface area (TPSA) is 75.7 Å². The van der Waals surface area contributed by atoms with Crippen LogP contribution in [-0.4, -0.2) is 38.3 Å². The van der Waals surface area contributed by atoms with E-state index in [2.05, 4.69) is 48.9 Å². The normalized spacial score (nSPS) is 16.0. The van der Waals surface area contributed by atoms with E-state index in [9.17, 15) is 13.2 Å². The molecular formula is C24H31BrN2O4S. The van der Waals surface area contributed by atoms with Gasteiger partial charge in [-0.1, -0.05) is 43.6 Å². The molecule has 1 heterocycles. The fourth-order valence-corrected chi connectivity index (χ4v) is 5.47. The van der Waals surface area contributed by atoms with E-state index in [-0.39, 0.29) is 22.8 Å². The van der Waals surface area contributed by atoms with E-state index in [1.165, 1.54) is 12.1 Å². The third kappa shape index (κ3) is 6.11. The number of sulfonamides is 1. The first-order chi connectivity index (χ1) is 15.0. The van der Waals surface area contributed by atoms with Gasteiger partial charge in [-0.15, -0.1) is 0 Å². The fourth-order valence-electron chi connectivity index (χ4n) is 3.64. The first-order valence-electron chi connectivity index (χ1n) is 10.8. The summed E-state index contributed by atoms with van der Waals surface area (Å²) < 4.78 is 34.0. The molecule has 0 saturated carbocycles. The third-order valence-electron chi connectivity index (χ3n) is 5.63. The minimum atomic E-state index is -3.51. The van der Waals surface area contributed by atoms with Crippen molar-refractivity contribution >= 4 is 37.5 Å². The Bertz CT molecular complexity index is 1050. The molecule has 0 aliphatic carbocycles. The van der Waals surface area contributed by atoms with Crippen LogP contribution < -0.4 is 10.1 Å². The first-order valence-corrected chi connectivity index (χ1v) is 13.0. The van der Waals surface area contributed by atoms with Gasteiger partial charge in [0, 0.05) is 28.8 Å². The van der Waals surface area contributed by atoms with Crippen molar-refractivity contribution in [2.24, 2.45) is 5.92 Å². The van der Waals surface area contributed by atoms with Gasteiger partial charge in [0.2, 0.25) is 10.0 Å². The molecule has 0 spiro atoms. The number of nitrogens with one attached hydrogen (secondary N) is 1. The van der Waals surface area contributed by atoms with Crippen molar-refractivity contribution in [3.8, 4) is 5.75 Å². The van der Waals surface area contributed by atoms with Crippen LogP contribution in [0.5, 0.6) is 5.75 Å². The number of anilines is 1. The number of halogens is 1. The molecule has 0 bridgehead atoms. The molecule has 0 radical (unpaired) electrons. The summed E-state index contributed by atoms with van der Waals surface area (Å²) >= 11 is 3.48. The number of hydrogen-bond donors (Lipinski definition) is 1. The Morgan fingerprint density at radius 1 is 1.12 bits per heavy atom. The molecule has 1 aliphatic rings. The van der Waals surface area contributed by atoms with Crippen LogP contribution in [0.3, 0.4) is 0 Å². The molecule has 1 aliphatic heterocycles. The lowest BCUT2D eigenvalue weighted by Gasteiger charge is -2.29. The maximum Gasteiger partial charge on any atom is 0.262 e. The summed E-state index contributed by atoms with van der Waals surface area (Å²) in [6.45, 7) is 9.35. The maximum absolute atomic E-state index is 12.8. The molecular weight excluding hydrogens is 492 g/mol. The van der Waals surface area contributed by atoms with E-state index in [0.717, 1.165) is 22.9 Å². The standard InChI is InChI=1S/C24H31BrN2O4S/c1-17-11-13-27(14-12-17)32(29,30)20-8-6-19(7-9-20)26-23(28)16-31-22-10-5-18(25)15-21(22)24(2,3)4/h5-10,15,17H,11-14,16H2,1-4H3,(H,26,28). The van der Waals surface area contributed by atoms with Crippen molar-refractivity contribution in [3.63, 3.8) is 0 Å². The molecule has 1 amide bonds. The van der Waals surface area contributed by atoms with Gasteiger partial charge in [-0.05, 0) is 66.6 Å². The summed E-state index contributed by atoms with van der Waals surface area (Å²) in [6, 6.07) is 12.0. The lowest BCUT2D eigenvalue weighted by atomic mass is 9.86. The summed E-state index contributed by atoms with van der Waals surface area (Å²) in [5.41, 5.74) is 1.39. The minimum absolute atomic E-state index is 0.136. The predicted octanol–water partition coefficient (Wildman–Crippen LogP) is 5.18. The zero-order valence-electron chi connectivity index (χ0n) is 19.0. The summed E-state index contributed by atoms with van der Waals surface area (Å²) in [5, 5.41) is 2.76. The molecule has 1 N–H and O–H groups in total. The van der Waals surface area contributed by atoms with Crippen molar-refractivity contribution in [2.45, 2.75) is 50.8 Å². The van der Waals surface area contributed by atoms with Crippen LogP contribution in [-0.2, 0) is 20.2 Å². The number of nitrogens with zero attached hydrogens (tertiary/aromatic N) is 1. The molecule has 3 rings (SSSR count). The number of carbonyl (C=O) groups excluding carboxylic acids is 1. The first kappa shape index (κ1) is 24.7. The smallest absolute Gasteiger partial charge is 0.262 e. The second-order valence-corrected chi connectivity index (χ2v) is 12.2. The van der Waals surface area contributed by atoms with Gasteiger partial charge in [-0.2, -0.15) is 4.31 Å². The Morgan fingerprint density at radius 2 is 1.75 bits per heavy atom. The van der Waals surface area contributed by atoms with Gasteiger partial charge >= 0.3 is 0 Å². The highest BCUT2D eigenvalue weighted by Crippen LogP contribution is 2.33. The van der Waals surface area contributed by atoms with Crippen molar-refractivity contribution < 1.29 is 17.9 Å². The van der Waals surface area contributed by atoms with E-state index < -0.39 is 10.0 Å². The molecule has 2 aromatic carbocycles. The second kappa shape index (κ2) is 9.93. The highest BCUT2D eigenvalue weighted by atomic mass is 79.9. The van der Waals surface area contributed by atoms with Gasteiger partial charge in [0.15, 0.2) is 6.61 Å². The van der Waals surface area contributed by atoms with E-state index in [1.54, 1.807) is 16.4 Å². The number of piperidine rings is 1. The van der Waals surface area contributed by atoms with Crippen LogP contribution in [0.1, 0.15) is 46.1 Å². The van der Waals surface area contributed by atoms with Crippen molar-refractivity contribution in [1.82, 2.24) is 4.31 Å². The Hall–Kier alpha value is -1.90.